The van der Waals surface area contributed by atoms with E-state index >= 15 is 0 Å². The van der Waals surface area contributed by atoms with Crippen LogP contribution in [0.25, 0.3) is 0 Å². The van der Waals surface area contributed by atoms with Crippen LogP contribution >= 0.6 is 35.0 Å². The average Bonchev–Trinajstić information content (AvgIpc) is 3.08. The number of rotatable bonds is 3. The van der Waals surface area contributed by atoms with E-state index in [4.69, 9.17) is 23.2 Å². The Morgan fingerprint density at radius 2 is 1.97 bits per heavy atom. The van der Waals surface area contributed by atoms with Crippen molar-refractivity contribution >= 4 is 61.6 Å². The number of aliphatic imine (C=N–C) groups is 1. The number of aryl methyl sites for hydroxylation is 1. The fourth-order valence-electron chi connectivity index (χ4n) is 3.67. The van der Waals surface area contributed by atoms with Gasteiger partial charge in [0.25, 0.3) is 5.91 Å². The van der Waals surface area contributed by atoms with E-state index in [2.05, 4.69) is 4.99 Å². The summed E-state index contributed by atoms with van der Waals surface area (Å²) in [6.45, 7) is 1.97. The summed E-state index contributed by atoms with van der Waals surface area (Å²) in [5.74, 6) is -0.232. The van der Waals surface area contributed by atoms with Gasteiger partial charge in [0.15, 0.2) is 15.0 Å². The molecule has 0 aliphatic carbocycles. The molecule has 9 heteroatoms. The van der Waals surface area contributed by atoms with Gasteiger partial charge in [-0.15, -0.1) is 0 Å². The molecule has 2 aliphatic rings. The quantitative estimate of drug-likeness (QED) is 0.676. The third kappa shape index (κ3) is 4.33. The minimum Gasteiger partial charge on any atom is -0.314 e. The Labute approximate surface area is 184 Å². The van der Waals surface area contributed by atoms with Crippen molar-refractivity contribution in [2.45, 2.75) is 24.6 Å². The number of hydrogen-bond acceptors (Lipinski definition) is 4. The van der Waals surface area contributed by atoms with E-state index in [1.165, 1.54) is 11.8 Å². The minimum absolute atomic E-state index is 0.00139. The van der Waals surface area contributed by atoms with Gasteiger partial charge in [0.05, 0.1) is 39.7 Å². The molecule has 2 saturated heterocycles. The number of hydrogen-bond donors (Lipinski definition) is 0. The van der Waals surface area contributed by atoms with Crippen LogP contribution in [0.2, 0.25) is 10.0 Å². The molecule has 0 saturated carbocycles. The number of anilines is 1. The molecule has 2 aromatic carbocycles. The zero-order valence-electron chi connectivity index (χ0n) is 15.5. The summed E-state index contributed by atoms with van der Waals surface area (Å²) >= 11 is 13.9. The van der Waals surface area contributed by atoms with Gasteiger partial charge < -0.3 is 4.90 Å². The molecule has 2 fully saturated rings. The van der Waals surface area contributed by atoms with Gasteiger partial charge in [-0.1, -0.05) is 70.9 Å². The lowest BCUT2D eigenvalue weighted by molar-refractivity contribution is -0.117. The number of thioether (sulfide) groups is 1. The molecule has 2 aliphatic heterocycles. The van der Waals surface area contributed by atoms with E-state index in [0.717, 1.165) is 11.1 Å². The highest BCUT2D eigenvalue weighted by molar-refractivity contribution is 8.16. The van der Waals surface area contributed by atoms with E-state index in [-0.39, 0.29) is 35.1 Å². The molecule has 0 radical (unpaired) electrons. The third-order valence-electron chi connectivity index (χ3n) is 4.92. The van der Waals surface area contributed by atoms with Crippen LogP contribution in [-0.4, -0.2) is 42.3 Å². The normalized spacial score (nSPS) is 24.1. The number of amides is 1. The Balaban J connectivity index is 1.68. The summed E-state index contributed by atoms with van der Waals surface area (Å²) in [5, 5.41) is 0.958. The SMILES string of the molecule is Cc1cccc(CC(=O)N=C2SC3CS(=O)(=O)CC3N2c2cccc(Cl)c2Cl)c1. The molecular formula is C20H18Cl2N2O3S2. The van der Waals surface area contributed by atoms with E-state index in [9.17, 15) is 13.2 Å². The van der Waals surface area contributed by atoms with Crippen LogP contribution in [0.1, 0.15) is 11.1 Å². The molecule has 2 unspecified atom stereocenters. The first kappa shape index (κ1) is 20.7. The Kier molecular flexibility index (Phi) is 5.68. The van der Waals surface area contributed by atoms with Crippen molar-refractivity contribution in [1.82, 2.24) is 0 Å². The zero-order chi connectivity index (χ0) is 20.8. The molecule has 0 aromatic heterocycles. The fraction of sp³-hybridized carbons (Fsp3) is 0.300. The lowest BCUT2D eigenvalue weighted by Crippen LogP contribution is -2.38. The second-order valence-corrected chi connectivity index (χ2v) is 11.3. The van der Waals surface area contributed by atoms with E-state index in [0.29, 0.717) is 20.9 Å². The molecule has 1 amide bonds. The molecule has 0 N–H and O–H groups in total. The second-order valence-electron chi connectivity index (χ2n) is 7.20. The van der Waals surface area contributed by atoms with Crippen molar-refractivity contribution in [2.24, 2.45) is 4.99 Å². The van der Waals surface area contributed by atoms with Gasteiger partial charge in [0.2, 0.25) is 0 Å². The average molecular weight is 469 g/mol. The first-order chi connectivity index (χ1) is 13.7. The maximum atomic E-state index is 12.7. The molecule has 5 nitrogen and oxygen atoms in total. The Morgan fingerprint density at radius 1 is 1.21 bits per heavy atom. The Morgan fingerprint density at radius 3 is 2.72 bits per heavy atom. The largest absolute Gasteiger partial charge is 0.314 e. The number of carbonyl (C=O) groups excluding carboxylic acids is 1. The molecule has 0 spiro atoms. The van der Waals surface area contributed by atoms with Gasteiger partial charge in [-0.05, 0) is 24.6 Å². The van der Waals surface area contributed by atoms with Gasteiger partial charge in [0, 0.05) is 5.25 Å². The topological polar surface area (TPSA) is 66.8 Å². The summed E-state index contributed by atoms with van der Waals surface area (Å²) in [5.41, 5.74) is 2.53. The smallest absolute Gasteiger partial charge is 0.252 e. The Hall–Kier alpha value is -1.54. The predicted molar refractivity (Wildman–Crippen MR) is 120 cm³/mol. The summed E-state index contributed by atoms with van der Waals surface area (Å²) < 4.78 is 24.3. The monoisotopic (exact) mass is 468 g/mol. The maximum Gasteiger partial charge on any atom is 0.252 e. The highest BCUT2D eigenvalue weighted by Gasteiger charge is 2.49. The van der Waals surface area contributed by atoms with Gasteiger partial charge in [-0.25, -0.2) is 8.42 Å². The highest BCUT2D eigenvalue weighted by Crippen LogP contribution is 2.44. The number of sulfone groups is 1. The first-order valence-electron chi connectivity index (χ1n) is 9.01. The Bertz CT molecular complexity index is 1120. The highest BCUT2D eigenvalue weighted by atomic mass is 35.5. The molecule has 2 heterocycles. The van der Waals surface area contributed by atoms with Crippen LogP contribution in [0.4, 0.5) is 5.69 Å². The number of amidine groups is 1. The van der Waals surface area contributed by atoms with E-state index < -0.39 is 9.84 Å². The van der Waals surface area contributed by atoms with Crippen LogP contribution in [0.5, 0.6) is 0 Å². The summed E-state index contributed by atoms with van der Waals surface area (Å²) in [7, 11) is -3.15. The van der Waals surface area contributed by atoms with Crippen LogP contribution < -0.4 is 4.90 Å². The van der Waals surface area contributed by atoms with Crippen molar-refractivity contribution in [3.63, 3.8) is 0 Å². The molecule has 2 atom stereocenters. The van der Waals surface area contributed by atoms with Gasteiger partial charge >= 0.3 is 0 Å². The van der Waals surface area contributed by atoms with Crippen LogP contribution in [0.15, 0.2) is 47.5 Å². The molecule has 29 heavy (non-hydrogen) atoms. The van der Waals surface area contributed by atoms with Crippen molar-refractivity contribution < 1.29 is 13.2 Å². The minimum atomic E-state index is -3.15. The third-order valence-corrected chi connectivity index (χ3v) is 8.93. The van der Waals surface area contributed by atoms with E-state index in [1.807, 2.05) is 31.2 Å². The fourth-order valence-corrected chi connectivity index (χ4v) is 7.98. The molecule has 2 aromatic rings. The van der Waals surface area contributed by atoms with Gasteiger partial charge in [-0.2, -0.15) is 4.99 Å². The number of halogens is 2. The van der Waals surface area contributed by atoms with Gasteiger partial charge in [-0.3, -0.25) is 4.79 Å². The van der Waals surface area contributed by atoms with Crippen LogP contribution in [0.3, 0.4) is 0 Å². The van der Waals surface area contributed by atoms with Gasteiger partial charge in [0.1, 0.15) is 0 Å². The van der Waals surface area contributed by atoms with E-state index in [1.54, 1.807) is 23.1 Å². The standard InChI is InChI=1S/C20H18Cl2N2O3S2/c1-12-4-2-5-13(8-12)9-18(25)23-20-24(15-7-3-6-14(21)19(15)22)16-10-29(26,27)11-17(16)28-20/h2-8,16-17H,9-11H2,1H3. The molecule has 4 rings (SSSR count). The summed E-state index contributed by atoms with van der Waals surface area (Å²) in [4.78, 5) is 18.7. The predicted octanol–water partition coefficient (Wildman–Crippen LogP) is 4.15. The number of benzene rings is 2. The zero-order valence-corrected chi connectivity index (χ0v) is 18.7. The molecule has 152 valence electrons. The van der Waals surface area contributed by atoms with Crippen LogP contribution in [0, 0.1) is 6.92 Å². The van der Waals surface area contributed by atoms with Crippen LogP contribution in [-0.2, 0) is 21.1 Å². The summed E-state index contributed by atoms with van der Waals surface area (Å²) in [6, 6.07) is 12.6. The van der Waals surface area contributed by atoms with Crippen molar-refractivity contribution in [3.05, 3.63) is 63.6 Å². The first-order valence-corrected chi connectivity index (χ1v) is 12.5. The summed E-state index contributed by atoms with van der Waals surface area (Å²) in [6.07, 6.45) is 0.177. The number of nitrogens with zero attached hydrogens (tertiary/aromatic N) is 2. The number of fused-ring (bicyclic) bond motifs is 1. The lowest BCUT2D eigenvalue weighted by atomic mass is 10.1. The maximum absolute atomic E-state index is 12.7. The number of carbonyl (C=O) groups is 1. The molecule has 0 bridgehead atoms. The van der Waals surface area contributed by atoms with Crippen molar-refractivity contribution in [2.75, 3.05) is 16.4 Å². The van der Waals surface area contributed by atoms with Crippen molar-refractivity contribution in [1.29, 1.82) is 0 Å². The second kappa shape index (κ2) is 7.95. The van der Waals surface area contributed by atoms with Crippen molar-refractivity contribution in [3.8, 4) is 0 Å². The lowest BCUT2D eigenvalue weighted by Gasteiger charge is -2.25. The molecular weight excluding hydrogens is 451 g/mol.